The van der Waals surface area contributed by atoms with Crippen LogP contribution in [0.3, 0.4) is 0 Å². The van der Waals surface area contributed by atoms with Crippen LogP contribution >= 0.6 is 23.4 Å². The molecule has 8 heteroatoms. The highest BCUT2D eigenvalue weighted by Crippen LogP contribution is 2.34. The fourth-order valence-corrected chi connectivity index (χ4v) is 4.21. The maximum Gasteiger partial charge on any atom is 0.335 e. The molecule has 1 amide bonds. The van der Waals surface area contributed by atoms with Crippen LogP contribution in [0.25, 0.3) is 22.5 Å². The zero-order chi connectivity index (χ0) is 23.4. The first-order valence-electron chi connectivity index (χ1n) is 10.1. The molecule has 0 saturated heterocycles. The minimum Gasteiger partial charge on any atom is -0.478 e. The second-order valence-electron chi connectivity index (χ2n) is 7.25. The molecule has 166 valence electrons. The molecule has 3 N–H and O–H groups in total. The Morgan fingerprint density at radius 2 is 1.64 bits per heavy atom. The van der Waals surface area contributed by atoms with Crippen LogP contribution in [0.4, 0.5) is 5.69 Å². The molecule has 6 nitrogen and oxygen atoms in total. The molecule has 0 aliphatic rings. The number of imidazole rings is 1. The summed E-state index contributed by atoms with van der Waals surface area (Å²) in [4.78, 5) is 32.1. The molecule has 0 fully saturated rings. The summed E-state index contributed by atoms with van der Waals surface area (Å²) in [5.74, 6) is -1.41. The number of carboxylic acids is 1. The van der Waals surface area contributed by atoms with Gasteiger partial charge in [-0.1, -0.05) is 84.0 Å². The molecule has 0 spiro atoms. The average molecular weight is 478 g/mol. The Kier molecular flexibility index (Phi) is 6.82. The van der Waals surface area contributed by atoms with Crippen molar-refractivity contribution in [1.29, 1.82) is 0 Å². The number of nitrogens with zero attached hydrogens (tertiary/aromatic N) is 1. The van der Waals surface area contributed by atoms with Gasteiger partial charge in [-0.2, -0.15) is 0 Å². The van der Waals surface area contributed by atoms with Crippen molar-refractivity contribution in [3.63, 3.8) is 0 Å². The number of aromatic carboxylic acids is 1. The van der Waals surface area contributed by atoms with Crippen molar-refractivity contribution < 1.29 is 14.7 Å². The second kappa shape index (κ2) is 9.94. The number of anilines is 1. The van der Waals surface area contributed by atoms with Crippen molar-refractivity contribution >= 4 is 40.9 Å². The number of rotatable bonds is 7. The number of benzene rings is 3. The first-order chi connectivity index (χ1) is 15.9. The van der Waals surface area contributed by atoms with Crippen LogP contribution in [0.2, 0.25) is 5.02 Å². The SMILES string of the molecule is CC(Sc1nc(-c2ccccc2)c(-c2ccccc2)[nH]1)C(=O)Nc1cc(C(=O)O)ccc1Cl. The van der Waals surface area contributed by atoms with Crippen molar-refractivity contribution in [2.24, 2.45) is 0 Å². The first kappa shape index (κ1) is 22.6. The van der Waals surface area contributed by atoms with Gasteiger partial charge in [0.05, 0.1) is 32.9 Å². The van der Waals surface area contributed by atoms with E-state index in [2.05, 4.69) is 10.3 Å². The summed E-state index contributed by atoms with van der Waals surface area (Å²) >= 11 is 7.41. The van der Waals surface area contributed by atoms with E-state index in [-0.39, 0.29) is 22.2 Å². The normalized spacial score (nSPS) is 11.7. The van der Waals surface area contributed by atoms with Gasteiger partial charge < -0.3 is 15.4 Å². The maximum atomic E-state index is 12.8. The number of hydrogen-bond donors (Lipinski definition) is 3. The summed E-state index contributed by atoms with van der Waals surface area (Å²) in [6.07, 6.45) is 0. The minimum atomic E-state index is -1.10. The number of H-pyrrole nitrogens is 1. The highest BCUT2D eigenvalue weighted by Gasteiger charge is 2.21. The van der Waals surface area contributed by atoms with Crippen LogP contribution in [0.1, 0.15) is 17.3 Å². The monoisotopic (exact) mass is 477 g/mol. The Morgan fingerprint density at radius 1 is 1.00 bits per heavy atom. The third-order valence-corrected chi connectivity index (χ3v) is 6.23. The van der Waals surface area contributed by atoms with Crippen molar-refractivity contribution in [2.45, 2.75) is 17.3 Å². The molecular weight excluding hydrogens is 458 g/mol. The number of aromatic nitrogens is 2. The predicted octanol–water partition coefficient (Wildman–Crippen LogP) is 6.21. The van der Waals surface area contributed by atoms with Crippen molar-refractivity contribution in [3.05, 3.63) is 89.4 Å². The van der Waals surface area contributed by atoms with Gasteiger partial charge in [-0.05, 0) is 25.1 Å². The Morgan fingerprint density at radius 3 is 2.27 bits per heavy atom. The fraction of sp³-hybridized carbons (Fsp3) is 0.0800. The number of amides is 1. The number of nitrogens with one attached hydrogen (secondary N) is 2. The van der Waals surface area contributed by atoms with Crippen LogP contribution < -0.4 is 5.32 Å². The number of carbonyl (C=O) groups is 2. The van der Waals surface area contributed by atoms with Gasteiger partial charge in [-0.25, -0.2) is 9.78 Å². The van der Waals surface area contributed by atoms with E-state index in [0.29, 0.717) is 5.16 Å². The van der Waals surface area contributed by atoms with Gasteiger partial charge in [0.2, 0.25) is 5.91 Å². The number of aromatic amines is 1. The molecule has 0 saturated carbocycles. The van der Waals surface area contributed by atoms with Crippen LogP contribution in [0.15, 0.2) is 84.0 Å². The first-order valence-corrected chi connectivity index (χ1v) is 11.4. The molecule has 1 atom stereocenters. The Bertz CT molecular complexity index is 1240. The fourth-order valence-electron chi connectivity index (χ4n) is 3.24. The molecule has 0 radical (unpaired) electrons. The zero-order valence-electron chi connectivity index (χ0n) is 17.6. The van der Waals surface area contributed by atoms with Gasteiger partial charge in [-0.15, -0.1) is 0 Å². The molecule has 4 aromatic rings. The van der Waals surface area contributed by atoms with E-state index in [0.717, 1.165) is 22.5 Å². The second-order valence-corrected chi connectivity index (χ2v) is 8.98. The number of carbonyl (C=O) groups excluding carboxylic acids is 1. The third kappa shape index (κ3) is 5.27. The van der Waals surface area contributed by atoms with Gasteiger partial charge in [0, 0.05) is 11.1 Å². The molecule has 3 aromatic carbocycles. The molecular formula is C25H20ClN3O3S. The van der Waals surface area contributed by atoms with Crippen molar-refractivity contribution in [1.82, 2.24) is 9.97 Å². The molecule has 1 aromatic heterocycles. The maximum absolute atomic E-state index is 12.8. The Hall–Kier alpha value is -3.55. The lowest BCUT2D eigenvalue weighted by Crippen LogP contribution is -2.23. The van der Waals surface area contributed by atoms with Gasteiger partial charge in [0.25, 0.3) is 0 Å². The minimum absolute atomic E-state index is 0.0426. The lowest BCUT2D eigenvalue weighted by molar-refractivity contribution is -0.115. The predicted molar refractivity (Wildman–Crippen MR) is 132 cm³/mol. The largest absolute Gasteiger partial charge is 0.478 e. The van der Waals surface area contributed by atoms with Crippen LogP contribution in [0.5, 0.6) is 0 Å². The van der Waals surface area contributed by atoms with Crippen LogP contribution in [-0.2, 0) is 4.79 Å². The Labute approximate surface area is 200 Å². The van der Waals surface area contributed by atoms with Gasteiger partial charge in [0.1, 0.15) is 0 Å². The Balaban J connectivity index is 1.58. The summed E-state index contributed by atoms with van der Waals surface area (Å²) in [6.45, 7) is 1.75. The summed E-state index contributed by atoms with van der Waals surface area (Å²) in [5, 5.41) is 12.2. The molecule has 0 aliphatic heterocycles. The van der Waals surface area contributed by atoms with Gasteiger partial charge in [0.15, 0.2) is 5.16 Å². The topological polar surface area (TPSA) is 95.1 Å². The van der Waals surface area contributed by atoms with Gasteiger partial charge in [-0.3, -0.25) is 4.79 Å². The quantitative estimate of drug-likeness (QED) is 0.275. The lowest BCUT2D eigenvalue weighted by Gasteiger charge is -2.12. The van der Waals surface area contributed by atoms with E-state index in [9.17, 15) is 14.7 Å². The number of hydrogen-bond acceptors (Lipinski definition) is 4. The van der Waals surface area contributed by atoms with Crippen molar-refractivity contribution in [3.8, 4) is 22.5 Å². The summed E-state index contributed by atoms with van der Waals surface area (Å²) in [7, 11) is 0. The van der Waals surface area contributed by atoms with Crippen LogP contribution in [-0.4, -0.2) is 32.2 Å². The summed E-state index contributed by atoms with van der Waals surface area (Å²) in [6, 6.07) is 23.9. The smallest absolute Gasteiger partial charge is 0.335 e. The van der Waals surface area contributed by atoms with Crippen molar-refractivity contribution in [2.75, 3.05) is 5.32 Å². The molecule has 0 aliphatic carbocycles. The highest BCUT2D eigenvalue weighted by atomic mass is 35.5. The molecule has 1 heterocycles. The molecule has 0 bridgehead atoms. The number of thioether (sulfide) groups is 1. The van der Waals surface area contributed by atoms with Gasteiger partial charge >= 0.3 is 5.97 Å². The van der Waals surface area contributed by atoms with Crippen LogP contribution in [0, 0.1) is 0 Å². The third-order valence-electron chi connectivity index (χ3n) is 4.92. The number of carboxylic acid groups (broad SMARTS) is 1. The summed E-state index contributed by atoms with van der Waals surface area (Å²) in [5.41, 5.74) is 3.92. The van der Waals surface area contributed by atoms with E-state index in [4.69, 9.17) is 16.6 Å². The zero-order valence-corrected chi connectivity index (χ0v) is 19.2. The average Bonchev–Trinajstić information content (AvgIpc) is 3.25. The van der Waals surface area contributed by atoms with E-state index >= 15 is 0 Å². The van der Waals surface area contributed by atoms with E-state index in [1.807, 2.05) is 60.7 Å². The molecule has 1 unspecified atom stereocenters. The highest BCUT2D eigenvalue weighted by molar-refractivity contribution is 8.00. The summed E-state index contributed by atoms with van der Waals surface area (Å²) < 4.78 is 0. The molecule has 4 rings (SSSR count). The molecule has 33 heavy (non-hydrogen) atoms. The standard InChI is InChI=1S/C25H20ClN3O3S/c1-15(23(30)27-20-14-18(24(31)32)12-13-19(20)26)33-25-28-21(16-8-4-2-5-9-16)22(29-25)17-10-6-3-7-11-17/h2-15H,1H3,(H,27,30)(H,28,29)(H,31,32). The van der Waals surface area contributed by atoms with E-state index < -0.39 is 11.2 Å². The van der Waals surface area contributed by atoms with E-state index in [1.165, 1.54) is 30.0 Å². The lowest BCUT2D eigenvalue weighted by atomic mass is 10.1. The van der Waals surface area contributed by atoms with E-state index in [1.54, 1.807) is 6.92 Å². The number of halogens is 1.